The minimum absolute atomic E-state index is 0.0264. The Labute approximate surface area is 128 Å². The molecule has 0 aliphatic carbocycles. The number of aromatic nitrogens is 1. The zero-order valence-electron chi connectivity index (χ0n) is 10.4. The van der Waals surface area contributed by atoms with Gasteiger partial charge in [0.2, 0.25) is 5.91 Å². The molecule has 1 amide bonds. The van der Waals surface area contributed by atoms with Crippen molar-refractivity contribution >= 4 is 51.4 Å². The lowest BCUT2D eigenvalue weighted by atomic mass is 10.3. The third-order valence-electron chi connectivity index (χ3n) is 2.31. The van der Waals surface area contributed by atoms with E-state index in [9.17, 15) is 9.18 Å². The average molecular weight is 332 g/mol. The van der Waals surface area contributed by atoms with Gasteiger partial charge in [-0.15, -0.1) is 11.8 Å². The summed E-state index contributed by atoms with van der Waals surface area (Å²) >= 11 is 8.35. The summed E-state index contributed by atoms with van der Waals surface area (Å²) in [5.41, 5.74) is 6.86. The van der Waals surface area contributed by atoms with Gasteiger partial charge >= 0.3 is 0 Å². The Morgan fingerprint density at radius 3 is 2.95 bits per heavy atom. The number of carbonyl (C=O) groups excluding carboxylic acids is 1. The van der Waals surface area contributed by atoms with Crippen LogP contribution in [-0.2, 0) is 4.79 Å². The van der Waals surface area contributed by atoms with Crippen LogP contribution >= 0.6 is 34.7 Å². The van der Waals surface area contributed by atoms with Crippen LogP contribution in [-0.4, -0.2) is 16.6 Å². The molecule has 0 aliphatic heterocycles. The van der Waals surface area contributed by atoms with Crippen molar-refractivity contribution in [3.05, 3.63) is 34.7 Å². The summed E-state index contributed by atoms with van der Waals surface area (Å²) in [5, 5.41) is 3.10. The summed E-state index contributed by atoms with van der Waals surface area (Å²) < 4.78 is 13.9. The molecule has 1 heterocycles. The number of hydrogen-bond acceptors (Lipinski definition) is 5. The number of carbonyl (C=O) groups is 1. The molecule has 3 N–H and O–H groups in total. The van der Waals surface area contributed by atoms with Gasteiger partial charge in [0.25, 0.3) is 0 Å². The first-order valence-electron chi connectivity index (χ1n) is 5.56. The Balaban J connectivity index is 1.92. The SMILES string of the molecule is Cc1nc(N)sc1SCC(=O)Nc1ccc(F)c(Cl)c1. The highest BCUT2D eigenvalue weighted by molar-refractivity contribution is 8.01. The molecule has 0 saturated heterocycles. The summed E-state index contributed by atoms with van der Waals surface area (Å²) in [4.78, 5) is 15.9. The highest BCUT2D eigenvalue weighted by atomic mass is 35.5. The van der Waals surface area contributed by atoms with E-state index in [0.29, 0.717) is 10.8 Å². The van der Waals surface area contributed by atoms with E-state index < -0.39 is 5.82 Å². The molecule has 1 aromatic heterocycles. The lowest BCUT2D eigenvalue weighted by Crippen LogP contribution is -2.13. The topological polar surface area (TPSA) is 68.0 Å². The molecule has 0 unspecified atom stereocenters. The predicted octanol–water partition coefficient (Wildman–Crippen LogP) is 3.56. The van der Waals surface area contributed by atoms with Crippen LogP contribution in [0.25, 0.3) is 0 Å². The molecule has 8 heteroatoms. The first kappa shape index (κ1) is 15.1. The molecule has 1 aromatic carbocycles. The average Bonchev–Trinajstić information content (AvgIpc) is 2.70. The maximum absolute atomic E-state index is 13.0. The maximum atomic E-state index is 13.0. The number of nitrogens with one attached hydrogen (secondary N) is 1. The monoisotopic (exact) mass is 331 g/mol. The van der Waals surface area contributed by atoms with Crippen LogP contribution in [0.4, 0.5) is 15.2 Å². The van der Waals surface area contributed by atoms with E-state index in [2.05, 4.69) is 10.3 Å². The molecular formula is C12H11ClFN3OS2. The van der Waals surface area contributed by atoms with Crippen LogP contribution < -0.4 is 11.1 Å². The fourth-order valence-corrected chi connectivity index (χ4v) is 3.44. The lowest BCUT2D eigenvalue weighted by molar-refractivity contribution is -0.113. The maximum Gasteiger partial charge on any atom is 0.234 e. The van der Waals surface area contributed by atoms with Gasteiger partial charge in [0.1, 0.15) is 5.82 Å². The van der Waals surface area contributed by atoms with Crippen LogP contribution in [0.5, 0.6) is 0 Å². The van der Waals surface area contributed by atoms with Crippen molar-refractivity contribution in [2.24, 2.45) is 0 Å². The fourth-order valence-electron chi connectivity index (χ4n) is 1.44. The summed E-state index contributed by atoms with van der Waals surface area (Å²) in [6.07, 6.45) is 0. The third kappa shape index (κ3) is 3.84. The van der Waals surface area contributed by atoms with Crippen LogP contribution in [0, 0.1) is 12.7 Å². The second-order valence-electron chi connectivity index (χ2n) is 3.89. The van der Waals surface area contributed by atoms with Crippen molar-refractivity contribution in [3.8, 4) is 0 Å². The van der Waals surface area contributed by atoms with Gasteiger partial charge in [0.15, 0.2) is 5.13 Å². The Morgan fingerprint density at radius 1 is 1.60 bits per heavy atom. The van der Waals surface area contributed by atoms with Crippen LogP contribution in [0.2, 0.25) is 5.02 Å². The number of nitrogen functional groups attached to an aromatic ring is 1. The van der Waals surface area contributed by atoms with Crippen molar-refractivity contribution in [1.29, 1.82) is 0 Å². The van der Waals surface area contributed by atoms with Gasteiger partial charge in [-0.2, -0.15) is 0 Å². The summed E-state index contributed by atoms with van der Waals surface area (Å²) in [5.74, 6) is -0.504. The second-order valence-corrected chi connectivity index (χ2v) is 6.57. The Hall–Kier alpha value is -1.31. The Kier molecular flexibility index (Phi) is 4.85. The molecule has 0 radical (unpaired) electrons. The molecule has 0 atom stereocenters. The smallest absolute Gasteiger partial charge is 0.234 e. The molecule has 0 spiro atoms. The predicted molar refractivity (Wildman–Crippen MR) is 82.0 cm³/mol. The first-order valence-corrected chi connectivity index (χ1v) is 7.74. The van der Waals surface area contributed by atoms with Gasteiger partial charge < -0.3 is 11.1 Å². The number of nitrogens with two attached hydrogens (primary N) is 1. The Morgan fingerprint density at radius 2 is 2.35 bits per heavy atom. The van der Waals surface area contributed by atoms with E-state index in [-0.39, 0.29) is 16.7 Å². The molecule has 4 nitrogen and oxygen atoms in total. The number of thioether (sulfide) groups is 1. The summed E-state index contributed by atoms with van der Waals surface area (Å²) in [7, 11) is 0. The quantitative estimate of drug-likeness (QED) is 0.841. The van der Waals surface area contributed by atoms with Gasteiger partial charge in [-0.1, -0.05) is 22.9 Å². The molecule has 0 saturated carbocycles. The molecule has 0 aliphatic rings. The Bertz CT molecular complexity index is 648. The number of thiazole rings is 1. The number of aryl methyl sites for hydroxylation is 1. The molecular weight excluding hydrogens is 321 g/mol. The highest BCUT2D eigenvalue weighted by Crippen LogP contribution is 2.30. The molecule has 2 rings (SSSR count). The number of nitrogens with zero attached hydrogens (tertiary/aromatic N) is 1. The third-order valence-corrected chi connectivity index (χ3v) is 4.95. The minimum Gasteiger partial charge on any atom is -0.375 e. The highest BCUT2D eigenvalue weighted by Gasteiger charge is 2.10. The molecule has 20 heavy (non-hydrogen) atoms. The van der Waals surface area contributed by atoms with Crippen LogP contribution in [0.15, 0.2) is 22.4 Å². The van der Waals surface area contributed by atoms with Crippen molar-refractivity contribution in [2.45, 2.75) is 11.1 Å². The van der Waals surface area contributed by atoms with E-state index >= 15 is 0 Å². The minimum atomic E-state index is -0.519. The number of benzene rings is 1. The van der Waals surface area contributed by atoms with E-state index in [1.165, 1.54) is 41.3 Å². The van der Waals surface area contributed by atoms with Gasteiger partial charge in [-0.3, -0.25) is 4.79 Å². The van der Waals surface area contributed by atoms with Crippen LogP contribution in [0.3, 0.4) is 0 Å². The van der Waals surface area contributed by atoms with Gasteiger partial charge in [-0.25, -0.2) is 9.37 Å². The summed E-state index contributed by atoms with van der Waals surface area (Å²) in [6, 6.07) is 4.04. The second kappa shape index (κ2) is 6.43. The standard InChI is InChI=1S/C12H11ClFN3OS2/c1-6-11(20-12(15)16-6)19-5-10(18)17-7-2-3-9(14)8(13)4-7/h2-4H,5H2,1H3,(H2,15,16)(H,17,18). The van der Waals surface area contributed by atoms with Gasteiger partial charge in [0.05, 0.1) is 20.7 Å². The number of rotatable bonds is 4. The lowest BCUT2D eigenvalue weighted by Gasteiger charge is -2.05. The zero-order valence-corrected chi connectivity index (χ0v) is 12.8. The number of hydrogen-bond donors (Lipinski definition) is 2. The largest absolute Gasteiger partial charge is 0.375 e. The normalized spacial score (nSPS) is 10.6. The molecule has 106 valence electrons. The van der Waals surface area contributed by atoms with E-state index in [4.69, 9.17) is 17.3 Å². The van der Waals surface area contributed by atoms with Gasteiger partial charge in [0, 0.05) is 5.69 Å². The van der Waals surface area contributed by atoms with E-state index in [0.717, 1.165) is 9.90 Å². The fraction of sp³-hybridized carbons (Fsp3) is 0.167. The van der Waals surface area contributed by atoms with Crippen LogP contribution in [0.1, 0.15) is 5.69 Å². The summed E-state index contributed by atoms with van der Waals surface area (Å²) in [6.45, 7) is 1.84. The van der Waals surface area contributed by atoms with Crippen molar-refractivity contribution in [3.63, 3.8) is 0 Å². The van der Waals surface area contributed by atoms with E-state index in [1.807, 2.05) is 6.92 Å². The number of halogens is 2. The van der Waals surface area contributed by atoms with Crippen molar-refractivity contribution < 1.29 is 9.18 Å². The van der Waals surface area contributed by atoms with Crippen molar-refractivity contribution in [1.82, 2.24) is 4.98 Å². The van der Waals surface area contributed by atoms with Crippen molar-refractivity contribution in [2.75, 3.05) is 16.8 Å². The number of anilines is 2. The molecule has 0 fully saturated rings. The number of amides is 1. The van der Waals surface area contributed by atoms with E-state index in [1.54, 1.807) is 0 Å². The van der Waals surface area contributed by atoms with Gasteiger partial charge in [-0.05, 0) is 25.1 Å². The zero-order chi connectivity index (χ0) is 14.7. The first-order chi connectivity index (χ1) is 9.45. The molecule has 0 bridgehead atoms. The molecule has 2 aromatic rings.